The third kappa shape index (κ3) is 8.85. The Hall–Kier alpha value is 2.84. The summed E-state index contributed by atoms with van der Waals surface area (Å²) in [7, 11) is 0. The summed E-state index contributed by atoms with van der Waals surface area (Å²) in [6.45, 7) is 0. The van der Waals surface area contributed by atoms with Gasteiger partial charge in [0.15, 0.2) is 0 Å². The molecule has 1 radical (unpaired) electrons. The third-order valence-corrected chi connectivity index (χ3v) is 0. The standard InChI is InChI=1S/Bi.Ca.H2O.Ta.5H/h;;1H2;;;;;;/q;+2;;;;;;2*-1. The molecule has 0 spiro atoms. The molecule has 0 saturated carbocycles. The van der Waals surface area contributed by atoms with Gasteiger partial charge in [0.05, 0.1) is 0 Å². The predicted octanol–water partition coefficient (Wildman–Crippen LogP) is -2.17. The molecule has 0 aliphatic rings. The smallest absolute Gasteiger partial charge is 1.00 e. The molecule has 2 N–H and O–H groups in total. The van der Waals surface area contributed by atoms with Gasteiger partial charge < -0.3 is 8.33 Å². The van der Waals surface area contributed by atoms with Crippen LogP contribution in [0.1, 0.15) is 2.85 Å². The Kier molecular flexibility index (Phi) is 123. The Morgan fingerprint density at radius 2 is 1.25 bits per heavy atom. The topological polar surface area (TPSA) is 31.5 Å². The van der Waals surface area contributed by atoms with Crippen LogP contribution < -0.4 is 0 Å². The first-order valence-electron chi connectivity index (χ1n) is 0. The summed E-state index contributed by atoms with van der Waals surface area (Å²) in [5.74, 6) is 0. The van der Waals surface area contributed by atoms with Gasteiger partial charge in [-0.05, 0) is 0 Å². The van der Waals surface area contributed by atoms with Crippen LogP contribution in [0.4, 0.5) is 0 Å². The predicted molar refractivity (Wildman–Crippen MR) is 21.5 cm³/mol. The second-order valence-electron chi connectivity index (χ2n) is 0. The number of hydrogen-bond acceptors (Lipinski definition) is 0. The fraction of sp³-hybridized carbons (Fsp3) is 0. The fourth-order valence-corrected chi connectivity index (χ4v) is 0. The first-order valence-corrected chi connectivity index (χ1v) is 0. The minimum atomic E-state index is 0. The van der Waals surface area contributed by atoms with Gasteiger partial charge in [-0.15, -0.1) is 0 Å². The second kappa shape index (κ2) is 17.0. The van der Waals surface area contributed by atoms with E-state index in [-0.39, 0.29) is 94.7 Å². The molecule has 0 bridgehead atoms. The van der Waals surface area contributed by atoms with Crippen LogP contribution in [0, 0.1) is 0 Å². The molecule has 0 fully saturated rings. The minimum Gasteiger partial charge on any atom is -1.00 e. The van der Waals surface area contributed by atoms with Crippen LogP contribution in [0.5, 0.6) is 0 Å². The van der Waals surface area contributed by atoms with E-state index in [1.165, 1.54) is 0 Å². The van der Waals surface area contributed by atoms with Gasteiger partial charge in [0, 0.05) is 22.4 Å². The maximum Gasteiger partial charge on any atom is 2.00 e. The molecule has 0 aromatic rings. The van der Waals surface area contributed by atoms with Gasteiger partial charge in [-0.2, -0.15) is 0 Å². The van der Waals surface area contributed by atoms with Crippen LogP contribution in [0.2, 0.25) is 0 Å². The molecule has 0 aromatic carbocycles. The van der Waals surface area contributed by atoms with E-state index in [9.17, 15) is 0 Å². The van der Waals surface area contributed by atoms with Crippen molar-refractivity contribution in [3.63, 3.8) is 0 Å². The molecular weight excluding hydrogens is 446 g/mol. The summed E-state index contributed by atoms with van der Waals surface area (Å²) in [5.41, 5.74) is 0. The van der Waals surface area contributed by atoms with Crippen molar-refractivity contribution in [1.29, 1.82) is 0 Å². The Bertz CT molecular complexity index is 13.5. The van der Waals surface area contributed by atoms with E-state index in [1.807, 2.05) is 0 Å². The first-order chi connectivity index (χ1) is 0. The molecule has 0 aromatic heterocycles. The maximum atomic E-state index is 0. The molecule has 4 heteroatoms. The molecular formula is H7BiCaOTa. The van der Waals surface area contributed by atoms with Crippen molar-refractivity contribution < 1.29 is 30.7 Å². The molecule has 0 unspecified atom stereocenters. The summed E-state index contributed by atoms with van der Waals surface area (Å²) in [5, 5.41) is 0. The molecule has 0 rings (SSSR count). The number of hydrogen-bond donors (Lipinski definition) is 0. The zero-order valence-corrected chi connectivity index (χ0v) is 13.3. The zero-order chi connectivity index (χ0) is 0. The molecule has 0 heterocycles. The summed E-state index contributed by atoms with van der Waals surface area (Å²) in [6, 6.07) is 0. The molecule has 0 atom stereocenters. The zero-order valence-electron chi connectivity index (χ0n) is 4.36. The van der Waals surface area contributed by atoms with Gasteiger partial charge in [-0.25, -0.2) is 0 Å². The van der Waals surface area contributed by atoms with E-state index in [4.69, 9.17) is 0 Å². The van der Waals surface area contributed by atoms with E-state index in [2.05, 4.69) is 0 Å². The Labute approximate surface area is 92.8 Å². The molecule has 25 valence electrons. The summed E-state index contributed by atoms with van der Waals surface area (Å²) < 4.78 is 0. The van der Waals surface area contributed by atoms with Crippen molar-refractivity contribution in [2.75, 3.05) is 0 Å². The van der Waals surface area contributed by atoms with Gasteiger partial charge in [0.2, 0.25) is 0 Å². The summed E-state index contributed by atoms with van der Waals surface area (Å²) in [6.07, 6.45) is 0. The Morgan fingerprint density at radius 1 is 1.25 bits per heavy atom. The van der Waals surface area contributed by atoms with Crippen LogP contribution in [0.25, 0.3) is 0 Å². The van der Waals surface area contributed by atoms with Crippen molar-refractivity contribution in [3.8, 4) is 0 Å². The molecule has 1 nitrogen and oxygen atoms in total. The van der Waals surface area contributed by atoms with Crippen LogP contribution in [0.15, 0.2) is 0 Å². The van der Waals surface area contributed by atoms with E-state index >= 15 is 0 Å². The van der Waals surface area contributed by atoms with Crippen molar-refractivity contribution in [1.82, 2.24) is 0 Å². The quantitative estimate of drug-likeness (QED) is 0.375. The molecule has 0 aliphatic heterocycles. The van der Waals surface area contributed by atoms with Gasteiger partial charge in [-0.1, -0.05) is 0 Å². The van der Waals surface area contributed by atoms with Gasteiger partial charge in [0.25, 0.3) is 0 Å². The average molecular weight is 453 g/mol. The maximum absolute atomic E-state index is 0. The molecule has 4 heavy (non-hydrogen) atoms. The van der Waals surface area contributed by atoms with Crippen molar-refractivity contribution in [3.05, 3.63) is 0 Å². The van der Waals surface area contributed by atoms with Crippen molar-refractivity contribution >= 4 is 63.9 Å². The van der Waals surface area contributed by atoms with Crippen LogP contribution in [0.3, 0.4) is 0 Å². The van der Waals surface area contributed by atoms with E-state index in [1.54, 1.807) is 0 Å². The third-order valence-electron chi connectivity index (χ3n) is 0. The minimum absolute atomic E-state index is 0. The summed E-state index contributed by atoms with van der Waals surface area (Å²) >= 11 is 0. The van der Waals surface area contributed by atoms with Gasteiger partial charge in [-0.3, -0.25) is 0 Å². The number of rotatable bonds is 0. The molecule has 0 amide bonds. The van der Waals surface area contributed by atoms with Crippen molar-refractivity contribution in [2.45, 2.75) is 0 Å². The monoisotopic (exact) mass is 453 g/mol. The van der Waals surface area contributed by atoms with Crippen LogP contribution >= 0.6 is 0 Å². The van der Waals surface area contributed by atoms with Gasteiger partial charge in [0.1, 0.15) is 0 Å². The fourth-order valence-electron chi connectivity index (χ4n) is 0. The second-order valence-corrected chi connectivity index (χ2v) is 0. The SMILES string of the molecule is O.[BiH3].[Ca+2].[H-].[H-].[Ta]. The Balaban J connectivity index is 0. The van der Waals surface area contributed by atoms with Gasteiger partial charge >= 0.3 is 63.9 Å². The Morgan fingerprint density at radius 3 is 1.25 bits per heavy atom. The summed E-state index contributed by atoms with van der Waals surface area (Å²) in [4.78, 5) is 0. The van der Waals surface area contributed by atoms with E-state index in [0.717, 1.165) is 0 Å². The normalized spacial score (nSPS) is 0. The molecule has 0 saturated heterocycles. The van der Waals surface area contributed by atoms with E-state index in [0.29, 0.717) is 0 Å². The van der Waals surface area contributed by atoms with Crippen LogP contribution in [-0.4, -0.2) is 69.4 Å². The molecule has 0 aliphatic carbocycles. The van der Waals surface area contributed by atoms with E-state index < -0.39 is 0 Å². The first kappa shape index (κ1) is 28.9. The van der Waals surface area contributed by atoms with Crippen LogP contribution in [-0.2, 0) is 22.4 Å². The van der Waals surface area contributed by atoms with Crippen molar-refractivity contribution in [2.24, 2.45) is 0 Å². The largest absolute Gasteiger partial charge is 2.00 e. The average Bonchev–Trinajstić information content (AvgIpc) is 0.